The highest BCUT2D eigenvalue weighted by Crippen LogP contribution is 2.30. The van der Waals surface area contributed by atoms with Gasteiger partial charge in [0.2, 0.25) is 0 Å². The molecule has 2 rings (SSSR count). The van der Waals surface area contributed by atoms with Crippen molar-refractivity contribution in [3.05, 3.63) is 0 Å². The van der Waals surface area contributed by atoms with Crippen molar-refractivity contribution >= 4 is 0 Å². The number of aliphatic hydroxyl groups is 1. The number of hydrogen-bond acceptors (Lipinski definition) is 2. The summed E-state index contributed by atoms with van der Waals surface area (Å²) in [5.74, 6) is 0.771. The second kappa shape index (κ2) is 3.11. The van der Waals surface area contributed by atoms with Crippen LogP contribution in [0.5, 0.6) is 0 Å². The molecule has 2 N–H and O–H groups in total. The lowest BCUT2D eigenvalue weighted by Crippen LogP contribution is -2.45. The molecule has 2 heteroatoms. The van der Waals surface area contributed by atoms with Crippen molar-refractivity contribution in [1.82, 2.24) is 5.32 Å². The molecule has 0 aromatic rings. The monoisotopic (exact) mass is 155 g/mol. The fourth-order valence-electron chi connectivity index (χ4n) is 2.48. The third-order valence-corrected chi connectivity index (χ3v) is 3.11. The molecular formula is C9H17NO. The summed E-state index contributed by atoms with van der Waals surface area (Å²) in [6, 6.07) is 0.729. The van der Waals surface area contributed by atoms with Gasteiger partial charge in [-0.3, -0.25) is 0 Å². The summed E-state index contributed by atoms with van der Waals surface area (Å²) in [5, 5.41) is 13.0. The molecule has 2 fully saturated rings. The van der Waals surface area contributed by atoms with E-state index in [1.807, 2.05) is 0 Å². The minimum absolute atomic E-state index is 0.00356. The number of aliphatic hydroxyl groups excluding tert-OH is 1. The van der Waals surface area contributed by atoms with E-state index in [-0.39, 0.29) is 6.10 Å². The fourth-order valence-corrected chi connectivity index (χ4v) is 2.48. The summed E-state index contributed by atoms with van der Waals surface area (Å²) in [5.41, 5.74) is 0. The van der Waals surface area contributed by atoms with E-state index in [0.29, 0.717) is 0 Å². The molecule has 2 aliphatic rings. The molecule has 0 bridgehead atoms. The van der Waals surface area contributed by atoms with Crippen molar-refractivity contribution in [2.75, 3.05) is 6.54 Å². The first kappa shape index (κ1) is 7.56. The lowest BCUT2D eigenvalue weighted by molar-refractivity contribution is 0.0679. The molecular weight excluding hydrogens is 138 g/mol. The molecule has 11 heavy (non-hydrogen) atoms. The largest absolute Gasteiger partial charge is 0.393 e. The van der Waals surface area contributed by atoms with E-state index in [4.69, 9.17) is 0 Å². The van der Waals surface area contributed by atoms with Gasteiger partial charge in [0.25, 0.3) is 0 Å². The van der Waals surface area contributed by atoms with Gasteiger partial charge in [-0.05, 0) is 44.6 Å². The first-order valence-corrected chi connectivity index (χ1v) is 4.78. The van der Waals surface area contributed by atoms with Crippen molar-refractivity contribution in [3.8, 4) is 0 Å². The molecule has 1 aliphatic carbocycles. The Morgan fingerprint density at radius 3 is 3.00 bits per heavy atom. The van der Waals surface area contributed by atoms with Crippen molar-refractivity contribution in [2.24, 2.45) is 5.92 Å². The molecule has 0 radical (unpaired) electrons. The summed E-state index contributed by atoms with van der Waals surface area (Å²) in [4.78, 5) is 0. The molecule has 0 amide bonds. The van der Waals surface area contributed by atoms with Crippen molar-refractivity contribution in [3.63, 3.8) is 0 Å². The average molecular weight is 155 g/mol. The standard InChI is InChI=1S/C9H17NO/c11-8-3-4-9-7(6-8)2-1-5-10-9/h7-11H,1-6H2/t7-,8+,9-/m0/s1. The molecule has 64 valence electrons. The first-order chi connectivity index (χ1) is 5.36. The van der Waals surface area contributed by atoms with Crippen molar-refractivity contribution in [1.29, 1.82) is 0 Å². The Morgan fingerprint density at radius 2 is 2.09 bits per heavy atom. The minimum Gasteiger partial charge on any atom is -0.393 e. The predicted molar refractivity (Wildman–Crippen MR) is 44.4 cm³/mol. The topological polar surface area (TPSA) is 32.3 Å². The third kappa shape index (κ3) is 1.57. The zero-order chi connectivity index (χ0) is 7.68. The second-order valence-electron chi connectivity index (χ2n) is 3.93. The summed E-state index contributed by atoms with van der Waals surface area (Å²) in [6.45, 7) is 1.19. The molecule has 0 aromatic heterocycles. The van der Waals surface area contributed by atoms with Crippen LogP contribution in [0.1, 0.15) is 32.1 Å². The Hall–Kier alpha value is -0.0800. The molecule has 0 unspecified atom stereocenters. The van der Waals surface area contributed by atoms with Gasteiger partial charge in [-0.2, -0.15) is 0 Å². The van der Waals surface area contributed by atoms with E-state index in [2.05, 4.69) is 5.32 Å². The smallest absolute Gasteiger partial charge is 0.0544 e. The van der Waals surface area contributed by atoms with Crippen LogP contribution in [0.3, 0.4) is 0 Å². The number of piperidine rings is 1. The minimum atomic E-state index is -0.00356. The first-order valence-electron chi connectivity index (χ1n) is 4.78. The number of fused-ring (bicyclic) bond motifs is 1. The fraction of sp³-hybridized carbons (Fsp3) is 1.00. The highest BCUT2D eigenvalue weighted by atomic mass is 16.3. The molecule has 1 saturated heterocycles. The van der Waals surface area contributed by atoms with Gasteiger partial charge in [0.15, 0.2) is 0 Å². The van der Waals surface area contributed by atoms with Crippen LogP contribution in [0.15, 0.2) is 0 Å². The lowest BCUT2D eigenvalue weighted by atomic mass is 9.78. The second-order valence-corrected chi connectivity index (χ2v) is 3.93. The maximum atomic E-state index is 9.42. The summed E-state index contributed by atoms with van der Waals surface area (Å²) in [6.07, 6.45) is 5.86. The van der Waals surface area contributed by atoms with E-state index in [9.17, 15) is 5.11 Å². The molecule has 1 aliphatic heterocycles. The molecule has 2 nitrogen and oxygen atoms in total. The Morgan fingerprint density at radius 1 is 1.18 bits per heavy atom. The van der Waals surface area contributed by atoms with Gasteiger partial charge in [0, 0.05) is 6.04 Å². The van der Waals surface area contributed by atoms with Crippen LogP contribution in [-0.2, 0) is 0 Å². The Kier molecular flexibility index (Phi) is 2.14. The molecule has 1 saturated carbocycles. The quantitative estimate of drug-likeness (QED) is 0.544. The zero-order valence-electron chi connectivity index (χ0n) is 6.92. The van der Waals surface area contributed by atoms with Gasteiger partial charge in [-0.25, -0.2) is 0 Å². The Labute approximate surface area is 68.0 Å². The van der Waals surface area contributed by atoms with E-state index in [1.165, 1.54) is 25.8 Å². The highest BCUT2D eigenvalue weighted by molar-refractivity contribution is 4.87. The molecule has 0 spiro atoms. The number of nitrogens with one attached hydrogen (secondary N) is 1. The van der Waals surface area contributed by atoms with Crippen LogP contribution in [0.25, 0.3) is 0 Å². The van der Waals surface area contributed by atoms with E-state index in [1.54, 1.807) is 0 Å². The third-order valence-electron chi connectivity index (χ3n) is 3.11. The van der Waals surface area contributed by atoms with Crippen molar-refractivity contribution in [2.45, 2.75) is 44.2 Å². The summed E-state index contributed by atoms with van der Waals surface area (Å²) >= 11 is 0. The molecule has 3 atom stereocenters. The number of rotatable bonds is 0. The maximum Gasteiger partial charge on any atom is 0.0544 e. The SMILES string of the molecule is O[C@@H]1CC[C@@H]2NCCC[C@H]2C1. The van der Waals surface area contributed by atoms with Crippen molar-refractivity contribution < 1.29 is 5.11 Å². The van der Waals surface area contributed by atoms with Crippen LogP contribution in [0.4, 0.5) is 0 Å². The van der Waals surface area contributed by atoms with Crippen LogP contribution in [0, 0.1) is 5.92 Å². The molecule has 0 aromatic carbocycles. The van der Waals surface area contributed by atoms with Gasteiger partial charge >= 0.3 is 0 Å². The van der Waals surface area contributed by atoms with Crippen LogP contribution >= 0.6 is 0 Å². The van der Waals surface area contributed by atoms with E-state index < -0.39 is 0 Å². The Balaban J connectivity index is 1.93. The average Bonchev–Trinajstić information content (AvgIpc) is 2.04. The summed E-state index contributed by atoms with van der Waals surface area (Å²) < 4.78 is 0. The summed E-state index contributed by atoms with van der Waals surface area (Å²) in [7, 11) is 0. The zero-order valence-corrected chi connectivity index (χ0v) is 6.92. The van der Waals surface area contributed by atoms with Gasteiger partial charge < -0.3 is 10.4 Å². The van der Waals surface area contributed by atoms with Gasteiger partial charge in [0.1, 0.15) is 0 Å². The lowest BCUT2D eigenvalue weighted by Gasteiger charge is -2.38. The van der Waals surface area contributed by atoms with E-state index in [0.717, 1.165) is 24.8 Å². The van der Waals surface area contributed by atoms with Crippen LogP contribution < -0.4 is 5.32 Å². The van der Waals surface area contributed by atoms with E-state index >= 15 is 0 Å². The number of hydrogen-bond donors (Lipinski definition) is 2. The van der Waals surface area contributed by atoms with Gasteiger partial charge in [-0.15, -0.1) is 0 Å². The Bertz CT molecular complexity index is 138. The van der Waals surface area contributed by atoms with Crippen LogP contribution in [-0.4, -0.2) is 23.8 Å². The predicted octanol–water partition coefficient (Wildman–Crippen LogP) is 0.899. The van der Waals surface area contributed by atoms with Gasteiger partial charge in [0.05, 0.1) is 6.10 Å². The molecule has 1 heterocycles. The highest BCUT2D eigenvalue weighted by Gasteiger charge is 2.30. The van der Waals surface area contributed by atoms with Crippen LogP contribution in [0.2, 0.25) is 0 Å². The maximum absolute atomic E-state index is 9.42. The van der Waals surface area contributed by atoms with Gasteiger partial charge in [-0.1, -0.05) is 0 Å². The normalized spacial score (nSPS) is 45.0.